The Labute approximate surface area is 119 Å². The summed E-state index contributed by atoms with van der Waals surface area (Å²) < 4.78 is 5.39. The highest BCUT2D eigenvalue weighted by molar-refractivity contribution is 5.37. The standard InChI is InChI=1S/C14H22N2O4/c1-4-11(2)15(3)9-13(17)10-20-14-7-5-6-12(8-14)16(18)19/h5-8,11,13,17H,4,9-10H2,1-3H3. The molecule has 0 aliphatic heterocycles. The predicted molar refractivity (Wildman–Crippen MR) is 77.0 cm³/mol. The summed E-state index contributed by atoms with van der Waals surface area (Å²) in [5.41, 5.74) is -0.0197. The second kappa shape index (κ2) is 7.81. The molecule has 0 aliphatic carbocycles. The number of non-ortho nitro benzene ring substituents is 1. The monoisotopic (exact) mass is 282 g/mol. The zero-order valence-electron chi connectivity index (χ0n) is 12.2. The maximum absolute atomic E-state index is 10.6. The summed E-state index contributed by atoms with van der Waals surface area (Å²) in [6.07, 6.45) is 0.378. The van der Waals surface area contributed by atoms with Gasteiger partial charge in [0, 0.05) is 18.7 Å². The molecule has 0 aromatic heterocycles. The zero-order chi connectivity index (χ0) is 15.1. The maximum atomic E-state index is 10.6. The van der Waals surface area contributed by atoms with Crippen molar-refractivity contribution < 1.29 is 14.8 Å². The van der Waals surface area contributed by atoms with Crippen molar-refractivity contribution in [1.82, 2.24) is 4.90 Å². The van der Waals surface area contributed by atoms with Gasteiger partial charge in [-0.2, -0.15) is 0 Å². The van der Waals surface area contributed by atoms with Crippen molar-refractivity contribution in [2.75, 3.05) is 20.2 Å². The van der Waals surface area contributed by atoms with Crippen LogP contribution in [0.25, 0.3) is 0 Å². The summed E-state index contributed by atoms with van der Waals surface area (Å²) in [6.45, 7) is 4.80. The number of hydrogen-bond donors (Lipinski definition) is 1. The zero-order valence-corrected chi connectivity index (χ0v) is 12.2. The first-order valence-electron chi connectivity index (χ1n) is 6.69. The molecule has 0 saturated carbocycles. The topological polar surface area (TPSA) is 75.8 Å². The Morgan fingerprint density at radius 3 is 2.80 bits per heavy atom. The summed E-state index contributed by atoms with van der Waals surface area (Å²) in [5.74, 6) is 0.393. The van der Waals surface area contributed by atoms with Gasteiger partial charge >= 0.3 is 0 Å². The average Bonchev–Trinajstić information content (AvgIpc) is 2.44. The number of nitro benzene ring substituents is 1. The van der Waals surface area contributed by atoms with E-state index in [1.54, 1.807) is 12.1 Å². The molecule has 1 aromatic rings. The molecule has 0 spiro atoms. The number of nitrogens with zero attached hydrogens (tertiary/aromatic N) is 2. The van der Waals surface area contributed by atoms with Gasteiger partial charge in [0.25, 0.3) is 5.69 Å². The minimum atomic E-state index is -0.631. The van der Waals surface area contributed by atoms with Gasteiger partial charge in [0.1, 0.15) is 18.5 Å². The molecular weight excluding hydrogens is 260 g/mol. The maximum Gasteiger partial charge on any atom is 0.273 e. The fourth-order valence-electron chi connectivity index (χ4n) is 1.76. The second-order valence-corrected chi connectivity index (χ2v) is 4.92. The Morgan fingerprint density at radius 1 is 1.50 bits per heavy atom. The number of benzene rings is 1. The van der Waals surface area contributed by atoms with Crippen LogP contribution < -0.4 is 4.74 Å². The molecule has 2 unspecified atom stereocenters. The minimum absolute atomic E-state index is 0.0197. The van der Waals surface area contributed by atoms with E-state index in [0.29, 0.717) is 18.3 Å². The molecule has 0 amide bonds. The number of rotatable bonds is 8. The van der Waals surface area contributed by atoms with E-state index in [0.717, 1.165) is 6.42 Å². The molecule has 0 radical (unpaired) electrons. The molecule has 1 rings (SSSR count). The van der Waals surface area contributed by atoms with Crippen LogP contribution in [0, 0.1) is 10.1 Å². The summed E-state index contributed by atoms with van der Waals surface area (Å²) in [6, 6.07) is 6.34. The largest absolute Gasteiger partial charge is 0.491 e. The first-order valence-corrected chi connectivity index (χ1v) is 6.69. The molecule has 0 saturated heterocycles. The summed E-state index contributed by atoms with van der Waals surface area (Å²) >= 11 is 0. The lowest BCUT2D eigenvalue weighted by Gasteiger charge is -2.26. The number of likely N-dealkylation sites (N-methyl/N-ethyl adjacent to an activating group) is 1. The fraction of sp³-hybridized carbons (Fsp3) is 0.571. The molecule has 0 bridgehead atoms. The molecule has 20 heavy (non-hydrogen) atoms. The van der Waals surface area contributed by atoms with Crippen molar-refractivity contribution in [2.45, 2.75) is 32.4 Å². The van der Waals surface area contributed by atoms with E-state index in [4.69, 9.17) is 4.74 Å². The second-order valence-electron chi connectivity index (χ2n) is 4.92. The van der Waals surface area contributed by atoms with Crippen LogP contribution in [0.3, 0.4) is 0 Å². The average molecular weight is 282 g/mol. The van der Waals surface area contributed by atoms with E-state index in [9.17, 15) is 15.2 Å². The molecule has 0 aliphatic rings. The lowest BCUT2D eigenvalue weighted by molar-refractivity contribution is -0.384. The van der Waals surface area contributed by atoms with Gasteiger partial charge in [0.2, 0.25) is 0 Å². The minimum Gasteiger partial charge on any atom is -0.491 e. The van der Waals surface area contributed by atoms with Crippen LogP contribution in [-0.2, 0) is 0 Å². The molecule has 112 valence electrons. The lowest BCUT2D eigenvalue weighted by atomic mass is 10.2. The van der Waals surface area contributed by atoms with Crippen molar-refractivity contribution in [2.24, 2.45) is 0 Å². The normalized spacial score (nSPS) is 14.1. The molecule has 6 heteroatoms. The summed E-state index contributed by atoms with van der Waals surface area (Å²) in [7, 11) is 1.95. The molecule has 1 aromatic carbocycles. The Kier molecular flexibility index (Phi) is 6.41. The first kappa shape index (κ1) is 16.4. The van der Waals surface area contributed by atoms with Crippen LogP contribution in [0.4, 0.5) is 5.69 Å². The third-order valence-corrected chi connectivity index (χ3v) is 3.31. The van der Waals surface area contributed by atoms with Gasteiger partial charge in [-0.1, -0.05) is 13.0 Å². The lowest BCUT2D eigenvalue weighted by Crippen LogP contribution is -2.38. The summed E-state index contributed by atoms with van der Waals surface area (Å²) in [4.78, 5) is 12.2. The Balaban J connectivity index is 2.46. The van der Waals surface area contributed by atoms with Crippen LogP contribution in [0.1, 0.15) is 20.3 Å². The van der Waals surface area contributed by atoms with E-state index in [-0.39, 0.29) is 12.3 Å². The number of aliphatic hydroxyl groups excluding tert-OH is 1. The van der Waals surface area contributed by atoms with Crippen molar-refractivity contribution in [1.29, 1.82) is 0 Å². The molecule has 0 heterocycles. The Hall–Kier alpha value is -1.66. The van der Waals surface area contributed by atoms with E-state index in [1.807, 2.05) is 7.05 Å². The van der Waals surface area contributed by atoms with Gasteiger partial charge in [-0.3, -0.25) is 10.1 Å². The van der Waals surface area contributed by atoms with Gasteiger partial charge in [-0.25, -0.2) is 0 Å². The highest BCUT2D eigenvalue weighted by Gasteiger charge is 2.13. The van der Waals surface area contributed by atoms with Gasteiger partial charge in [0.05, 0.1) is 11.0 Å². The third-order valence-electron chi connectivity index (χ3n) is 3.31. The smallest absolute Gasteiger partial charge is 0.273 e. The summed E-state index contributed by atoms with van der Waals surface area (Å²) in [5, 5.41) is 20.5. The Bertz CT molecular complexity index is 439. The quantitative estimate of drug-likeness (QED) is 0.583. The van der Waals surface area contributed by atoms with Crippen LogP contribution in [0.2, 0.25) is 0 Å². The Morgan fingerprint density at radius 2 is 2.20 bits per heavy atom. The van der Waals surface area contributed by atoms with E-state index < -0.39 is 11.0 Å². The molecule has 1 N–H and O–H groups in total. The van der Waals surface area contributed by atoms with Crippen molar-refractivity contribution >= 4 is 5.69 Å². The van der Waals surface area contributed by atoms with Crippen LogP contribution in [0.5, 0.6) is 5.75 Å². The van der Waals surface area contributed by atoms with E-state index in [1.165, 1.54) is 12.1 Å². The highest BCUT2D eigenvalue weighted by Crippen LogP contribution is 2.19. The number of nitro groups is 1. The number of ether oxygens (including phenoxy) is 1. The number of aliphatic hydroxyl groups is 1. The third kappa shape index (κ3) is 5.14. The van der Waals surface area contributed by atoms with Gasteiger partial charge in [0.15, 0.2) is 0 Å². The van der Waals surface area contributed by atoms with Crippen molar-refractivity contribution in [3.8, 4) is 5.75 Å². The van der Waals surface area contributed by atoms with Crippen LogP contribution in [0.15, 0.2) is 24.3 Å². The SMILES string of the molecule is CCC(C)N(C)CC(O)COc1cccc([N+](=O)[O-])c1. The highest BCUT2D eigenvalue weighted by atomic mass is 16.6. The van der Waals surface area contributed by atoms with E-state index >= 15 is 0 Å². The molecule has 6 nitrogen and oxygen atoms in total. The van der Waals surface area contributed by atoms with E-state index in [2.05, 4.69) is 18.7 Å². The van der Waals surface area contributed by atoms with Gasteiger partial charge in [-0.15, -0.1) is 0 Å². The van der Waals surface area contributed by atoms with Crippen LogP contribution in [-0.4, -0.2) is 47.3 Å². The van der Waals surface area contributed by atoms with Crippen molar-refractivity contribution in [3.05, 3.63) is 34.4 Å². The predicted octanol–water partition coefficient (Wildman–Crippen LogP) is 2.06. The molecule has 0 fully saturated rings. The molecule has 2 atom stereocenters. The molecular formula is C14H22N2O4. The first-order chi connectivity index (χ1) is 9.43. The van der Waals surface area contributed by atoms with Crippen LogP contribution >= 0.6 is 0 Å². The number of hydrogen-bond acceptors (Lipinski definition) is 5. The van der Waals surface area contributed by atoms with Gasteiger partial charge < -0.3 is 14.7 Å². The van der Waals surface area contributed by atoms with Gasteiger partial charge in [-0.05, 0) is 26.5 Å². The van der Waals surface area contributed by atoms with Crippen molar-refractivity contribution in [3.63, 3.8) is 0 Å². The fourth-order valence-corrected chi connectivity index (χ4v) is 1.76.